The number of benzene rings is 5. The van der Waals surface area contributed by atoms with Crippen LogP contribution in [0.4, 0.5) is 22.7 Å². The first kappa shape index (κ1) is 35.0. The van der Waals surface area contributed by atoms with E-state index >= 15 is 0 Å². The Labute approximate surface area is 280 Å². The summed E-state index contributed by atoms with van der Waals surface area (Å²) >= 11 is 0. The van der Waals surface area contributed by atoms with Gasteiger partial charge < -0.3 is 43.4 Å². The summed E-state index contributed by atoms with van der Waals surface area (Å²) in [7, 11) is 0. The van der Waals surface area contributed by atoms with Crippen LogP contribution in [0.25, 0.3) is 22.3 Å². The molecular formula is C37H34N4O8. The molecule has 0 atom stereocenters. The fraction of sp³-hybridized carbons (Fsp3) is 0.0811. The van der Waals surface area contributed by atoms with Gasteiger partial charge in [0.25, 0.3) is 0 Å². The highest BCUT2D eigenvalue weighted by Gasteiger charge is 2.16. The summed E-state index contributed by atoms with van der Waals surface area (Å²) in [5.74, 6) is -4.11. The van der Waals surface area contributed by atoms with Gasteiger partial charge in [0.15, 0.2) is 0 Å². The first-order valence-electron chi connectivity index (χ1n) is 14.8. The molecule has 12 N–H and O–H groups in total. The molecule has 12 heteroatoms. The molecule has 0 aliphatic rings. The molecule has 250 valence electrons. The van der Waals surface area contributed by atoms with Crippen molar-refractivity contribution in [1.82, 2.24) is 0 Å². The maximum Gasteiger partial charge on any atom is 0.336 e. The van der Waals surface area contributed by atoms with Crippen LogP contribution in [0.5, 0.6) is 0 Å². The minimum atomic E-state index is -1.05. The molecule has 0 aliphatic carbocycles. The molecule has 0 heterocycles. The molecule has 0 spiro atoms. The fourth-order valence-electron chi connectivity index (χ4n) is 5.33. The quantitative estimate of drug-likeness (QED) is 0.0801. The molecule has 12 nitrogen and oxygen atoms in total. The van der Waals surface area contributed by atoms with Crippen molar-refractivity contribution in [1.29, 1.82) is 0 Å². The zero-order valence-electron chi connectivity index (χ0n) is 26.1. The van der Waals surface area contributed by atoms with Crippen molar-refractivity contribution in [2.75, 3.05) is 22.9 Å². The highest BCUT2D eigenvalue weighted by molar-refractivity contribution is 5.99. The van der Waals surface area contributed by atoms with Crippen LogP contribution >= 0.6 is 0 Å². The Bertz CT molecular complexity index is 1910. The molecule has 49 heavy (non-hydrogen) atoms. The number of rotatable bonds is 10. The fourth-order valence-corrected chi connectivity index (χ4v) is 5.33. The lowest BCUT2D eigenvalue weighted by molar-refractivity contribution is 0.0685. The second kappa shape index (κ2) is 15.2. The Morgan fingerprint density at radius 2 is 0.694 bits per heavy atom. The topological polar surface area (TPSA) is 253 Å². The molecule has 5 aromatic carbocycles. The predicted octanol–water partition coefficient (Wildman–Crippen LogP) is 6.00. The van der Waals surface area contributed by atoms with Crippen LogP contribution in [0.15, 0.2) is 97.1 Å². The zero-order valence-corrected chi connectivity index (χ0v) is 26.1. The van der Waals surface area contributed by atoms with Crippen LogP contribution in [0.1, 0.15) is 59.0 Å². The molecule has 0 aliphatic heterocycles. The highest BCUT2D eigenvalue weighted by atomic mass is 16.4. The lowest BCUT2D eigenvalue weighted by Crippen LogP contribution is -2.06. The molecule has 0 amide bonds. The van der Waals surface area contributed by atoms with Gasteiger partial charge >= 0.3 is 23.9 Å². The van der Waals surface area contributed by atoms with E-state index in [0.29, 0.717) is 75.4 Å². The molecule has 0 fully saturated rings. The van der Waals surface area contributed by atoms with Crippen LogP contribution < -0.4 is 22.9 Å². The standard InChI is InChI=1S/C20H16N2O4.C17H18N2O4/c21-13-5-7-15(19(23)24)17(9-13)11-1-2-12(4-3-11)18-10-14(22)6-8-16(18)20(25)26;18-12-4-6-14(16(20)21)10(8-12)2-1-3-11-9-13(19)5-7-15(11)17(22)23/h1-10H,21-22H2,(H,23,24)(H,25,26);4-9H,1-3,18-19H2,(H,20,21)(H,22,23). The van der Waals surface area contributed by atoms with Gasteiger partial charge in [-0.25, -0.2) is 19.2 Å². The van der Waals surface area contributed by atoms with Gasteiger partial charge in [0.05, 0.1) is 22.3 Å². The molecule has 0 saturated carbocycles. The zero-order chi connectivity index (χ0) is 35.8. The number of aromatic carboxylic acids is 4. The van der Waals surface area contributed by atoms with Gasteiger partial charge in [0, 0.05) is 22.7 Å². The van der Waals surface area contributed by atoms with E-state index in [9.17, 15) is 39.6 Å². The number of nitrogens with two attached hydrogens (primary N) is 4. The minimum Gasteiger partial charge on any atom is -0.478 e. The third-order valence-electron chi connectivity index (χ3n) is 7.67. The van der Waals surface area contributed by atoms with Crippen LogP contribution in [0, 0.1) is 0 Å². The summed E-state index contributed by atoms with van der Waals surface area (Å²) in [5.41, 5.74) is 29.2. The minimum absolute atomic E-state index is 0.141. The number of anilines is 4. The summed E-state index contributed by atoms with van der Waals surface area (Å²) in [4.78, 5) is 45.3. The predicted molar refractivity (Wildman–Crippen MR) is 188 cm³/mol. The monoisotopic (exact) mass is 662 g/mol. The molecule has 0 saturated heterocycles. The van der Waals surface area contributed by atoms with Gasteiger partial charge in [-0.15, -0.1) is 0 Å². The Kier molecular flexibility index (Phi) is 10.9. The summed E-state index contributed by atoms with van der Waals surface area (Å²) in [6.45, 7) is 0. The molecule has 0 aromatic heterocycles. The van der Waals surface area contributed by atoms with E-state index in [4.69, 9.17) is 22.9 Å². The Morgan fingerprint density at radius 3 is 1.00 bits per heavy atom. The SMILES string of the molecule is Nc1ccc(C(=O)O)c(-c2ccc(-c3cc(N)ccc3C(=O)O)cc2)c1.Nc1ccc(C(=O)O)c(CCCc2cc(N)ccc2C(=O)O)c1. The second-order valence-electron chi connectivity index (χ2n) is 11.1. The van der Waals surface area contributed by atoms with Crippen LogP contribution in [-0.2, 0) is 12.8 Å². The van der Waals surface area contributed by atoms with Crippen molar-refractivity contribution >= 4 is 46.6 Å². The van der Waals surface area contributed by atoms with Gasteiger partial charge in [-0.2, -0.15) is 0 Å². The average Bonchev–Trinajstić information content (AvgIpc) is 3.04. The van der Waals surface area contributed by atoms with Crippen LogP contribution in [-0.4, -0.2) is 44.3 Å². The highest BCUT2D eigenvalue weighted by Crippen LogP contribution is 2.31. The molecule has 0 unspecified atom stereocenters. The largest absolute Gasteiger partial charge is 0.478 e. The van der Waals surface area contributed by atoms with E-state index < -0.39 is 23.9 Å². The van der Waals surface area contributed by atoms with E-state index in [2.05, 4.69) is 0 Å². The number of aryl methyl sites for hydroxylation is 2. The van der Waals surface area contributed by atoms with E-state index in [1.54, 1.807) is 60.7 Å². The first-order valence-corrected chi connectivity index (χ1v) is 14.8. The van der Waals surface area contributed by atoms with Gasteiger partial charge in [-0.05, 0) is 125 Å². The lowest BCUT2D eigenvalue weighted by Gasteiger charge is -2.11. The van der Waals surface area contributed by atoms with Crippen molar-refractivity contribution in [3.05, 3.63) is 130 Å². The summed E-state index contributed by atoms with van der Waals surface area (Å²) < 4.78 is 0. The summed E-state index contributed by atoms with van der Waals surface area (Å²) in [5, 5.41) is 37.1. The maximum atomic E-state index is 11.4. The third kappa shape index (κ3) is 8.71. The Hall–Kier alpha value is -6.82. The lowest BCUT2D eigenvalue weighted by atomic mass is 9.94. The average molecular weight is 663 g/mol. The molecule has 0 radical (unpaired) electrons. The second-order valence-corrected chi connectivity index (χ2v) is 11.1. The molecule has 5 rings (SSSR count). The van der Waals surface area contributed by atoms with Crippen molar-refractivity contribution in [2.24, 2.45) is 0 Å². The molecule has 0 bridgehead atoms. The van der Waals surface area contributed by atoms with Gasteiger partial charge in [-0.1, -0.05) is 24.3 Å². The Morgan fingerprint density at radius 1 is 0.408 bits per heavy atom. The number of hydrogen-bond acceptors (Lipinski definition) is 8. The third-order valence-corrected chi connectivity index (χ3v) is 7.67. The van der Waals surface area contributed by atoms with E-state index in [0.717, 1.165) is 0 Å². The number of nitrogen functional groups attached to an aromatic ring is 4. The van der Waals surface area contributed by atoms with Gasteiger partial charge in [-0.3, -0.25) is 0 Å². The van der Waals surface area contributed by atoms with Gasteiger partial charge in [0.2, 0.25) is 0 Å². The molecular weight excluding hydrogens is 628 g/mol. The van der Waals surface area contributed by atoms with Crippen LogP contribution in [0.2, 0.25) is 0 Å². The van der Waals surface area contributed by atoms with E-state index in [1.165, 1.54) is 36.4 Å². The molecule has 5 aromatic rings. The number of hydrogen-bond donors (Lipinski definition) is 8. The van der Waals surface area contributed by atoms with Crippen molar-refractivity contribution in [3.8, 4) is 22.3 Å². The van der Waals surface area contributed by atoms with Crippen LogP contribution in [0.3, 0.4) is 0 Å². The normalized spacial score (nSPS) is 10.4. The van der Waals surface area contributed by atoms with E-state index in [-0.39, 0.29) is 22.3 Å². The van der Waals surface area contributed by atoms with E-state index in [1.807, 2.05) is 0 Å². The van der Waals surface area contributed by atoms with Gasteiger partial charge in [0.1, 0.15) is 0 Å². The summed E-state index contributed by atoms with van der Waals surface area (Å²) in [6, 6.07) is 25.4. The number of carbonyl (C=O) groups is 4. The number of carboxylic acids is 4. The van der Waals surface area contributed by atoms with Crippen molar-refractivity contribution in [3.63, 3.8) is 0 Å². The number of carboxylic acid groups (broad SMARTS) is 4. The maximum absolute atomic E-state index is 11.4. The first-order chi connectivity index (χ1) is 23.2. The Balaban J connectivity index is 0.000000223. The van der Waals surface area contributed by atoms with Crippen molar-refractivity contribution < 1.29 is 39.6 Å². The smallest absolute Gasteiger partial charge is 0.336 e. The summed E-state index contributed by atoms with van der Waals surface area (Å²) in [6.07, 6.45) is 1.56. The van der Waals surface area contributed by atoms with Crippen molar-refractivity contribution in [2.45, 2.75) is 19.3 Å².